The van der Waals surface area contributed by atoms with Gasteiger partial charge in [-0.15, -0.1) is 0 Å². The molecule has 1 atom stereocenters. The van der Waals surface area contributed by atoms with Gasteiger partial charge in [0.05, 0.1) is 26.4 Å². The van der Waals surface area contributed by atoms with E-state index < -0.39 is 0 Å². The first-order valence-corrected chi connectivity index (χ1v) is 11.4. The van der Waals surface area contributed by atoms with E-state index in [-0.39, 0.29) is 11.4 Å². The summed E-state index contributed by atoms with van der Waals surface area (Å²) in [6, 6.07) is 0.593. The van der Waals surface area contributed by atoms with E-state index in [4.69, 9.17) is 9.47 Å². The average molecular weight is 395 g/mol. The Morgan fingerprint density at radius 3 is 2.36 bits per heavy atom. The summed E-state index contributed by atoms with van der Waals surface area (Å²) in [6.45, 7) is 10.8. The first-order chi connectivity index (χ1) is 13.8. The van der Waals surface area contributed by atoms with Crippen LogP contribution in [0.4, 0.5) is 0 Å². The number of carbonyl (C=O) groups is 1. The van der Waals surface area contributed by atoms with E-state index in [9.17, 15) is 4.79 Å². The SMILES string of the molecule is O=C(CN1CCN(C2CCOC2)CC1)NCC1(N2CCOCC2)CCCCC1. The Labute approximate surface area is 169 Å². The molecule has 0 radical (unpaired) electrons. The largest absolute Gasteiger partial charge is 0.380 e. The Hall–Kier alpha value is -0.730. The van der Waals surface area contributed by atoms with E-state index in [0.29, 0.717) is 12.6 Å². The fourth-order valence-corrected chi connectivity index (χ4v) is 5.47. The lowest BCUT2D eigenvalue weighted by Crippen LogP contribution is -2.60. The molecule has 1 saturated carbocycles. The summed E-state index contributed by atoms with van der Waals surface area (Å²) in [5, 5.41) is 3.31. The van der Waals surface area contributed by atoms with Crippen LogP contribution >= 0.6 is 0 Å². The van der Waals surface area contributed by atoms with Crippen LogP contribution in [-0.4, -0.2) is 111 Å². The summed E-state index contributed by atoms with van der Waals surface area (Å²) < 4.78 is 11.1. The van der Waals surface area contributed by atoms with E-state index >= 15 is 0 Å². The van der Waals surface area contributed by atoms with Gasteiger partial charge in [0.1, 0.15) is 0 Å². The second-order valence-electron chi connectivity index (χ2n) is 8.99. The lowest BCUT2D eigenvalue weighted by molar-refractivity contribution is -0.124. The Balaban J connectivity index is 1.22. The van der Waals surface area contributed by atoms with Crippen molar-refractivity contribution in [3.8, 4) is 0 Å². The van der Waals surface area contributed by atoms with Gasteiger partial charge in [-0.25, -0.2) is 0 Å². The second kappa shape index (κ2) is 9.85. The summed E-state index contributed by atoms with van der Waals surface area (Å²) in [5.41, 5.74) is 0.152. The Kier molecular flexibility index (Phi) is 7.22. The van der Waals surface area contributed by atoms with Gasteiger partial charge in [-0.1, -0.05) is 19.3 Å². The molecule has 1 aliphatic carbocycles. The molecule has 3 aliphatic heterocycles. The molecule has 1 amide bonds. The van der Waals surface area contributed by atoms with E-state index in [1.54, 1.807) is 0 Å². The van der Waals surface area contributed by atoms with Crippen LogP contribution in [0, 0.1) is 0 Å². The minimum absolute atomic E-state index is 0.152. The molecule has 0 aromatic rings. The van der Waals surface area contributed by atoms with Gasteiger partial charge < -0.3 is 14.8 Å². The molecular formula is C21H38N4O3. The molecule has 3 saturated heterocycles. The van der Waals surface area contributed by atoms with Crippen molar-refractivity contribution in [3.63, 3.8) is 0 Å². The van der Waals surface area contributed by atoms with Crippen molar-refractivity contribution in [1.29, 1.82) is 0 Å². The van der Waals surface area contributed by atoms with Gasteiger partial charge in [0.2, 0.25) is 5.91 Å². The number of morpholine rings is 1. The standard InChI is InChI=1S/C21H38N4O3/c26-20(16-23-7-9-24(10-8-23)19-4-13-28-17-19)22-18-21(5-2-1-3-6-21)25-11-14-27-15-12-25/h19H,1-18H2,(H,22,26). The smallest absolute Gasteiger partial charge is 0.234 e. The molecule has 4 rings (SSSR count). The van der Waals surface area contributed by atoms with Crippen molar-refractivity contribution in [1.82, 2.24) is 20.0 Å². The molecule has 7 nitrogen and oxygen atoms in total. The molecule has 1 unspecified atom stereocenters. The number of ether oxygens (including phenoxy) is 2. The third-order valence-corrected chi connectivity index (χ3v) is 7.28. The van der Waals surface area contributed by atoms with Crippen LogP contribution in [0.1, 0.15) is 38.5 Å². The molecule has 28 heavy (non-hydrogen) atoms. The zero-order valence-corrected chi connectivity index (χ0v) is 17.4. The molecule has 0 spiro atoms. The minimum atomic E-state index is 0.152. The molecular weight excluding hydrogens is 356 g/mol. The summed E-state index contributed by atoms with van der Waals surface area (Å²) in [4.78, 5) is 20.1. The van der Waals surface area contributed by atoms with Crippen LogP contribution in [0.15, 0.2) is 0 Å². The topological polar surface area (TPSA) is 57.3 Å². The second-order valence-corrected chi connectivity index (χ2v) is 8.99. The van der Waals surface area contributed by atoms with Crippen LogP contribution in [0.5, 0.6) is 0 Å². The summed E-state index contributed by atoms with van der Waals surface area (Å²) in [7, 11) is 0. The molecule has 4 aliphatic rings. The monoisotopic (exact) mass is 394 g/mol. The van der Waals surface area contributed by atoms with Gasteiger partial charge in [0, 0.05) is 64.0 Å². The highest BCUT2D eigenvalue weighted by Gasteiger charge is 2.39. The van der Waals surface area contributed by atoms with Crippen molar-refractivity contribution in [3.05, 3.63) is 0 Å². The maximum absolute atomic E-state index is 12.7. The fourth-order valence-electron chi connectivity index (χ4n) is 5.47. The highest BCUT2D eigenvalue weighted by molar-refractivity contribution is 5.78. The number of carbonyl (C=O) groups excluding carboxylic acids is 1. The van der Waals surface area contributed by atoms with Crippen molar-refractivity contribution in [2.24, 2.45) is 0 Å². The van der Waals surface area contributed by atoms with Gasteiger partial charge in [-0.2, -0.15) is 0 Å². The third kappa shape index (κ3) is 5.05. The first kappa shape index (κ1) is 20.5. The average Bonchev–Trinajstić information content (AvgIpc) is 3.29. The predicted octanol–water partition coefficient (Wildman–Crippen LogP) is 0.544. The van der Waals surface area contributed by atoms with Gasteiger partial charge in [-0.3, -0.25) is 19.5 Å². The molecule has 7 heteroatoms. The molecule has 0 aromatic heterocycles. The molecule has 160 valence electrons. The van der Waals surface area contributed by atoms with Gasteiger partial charge >= 0.3 is 0 Å². The van der Waals surface area contributed by atoms with E-state index in [1.165, 1.54) is 32.1 Å². The van der Waals surface area contributed by atoms with Crippen LogP contribution in [0.25, 0.3) is 0 Å². The zero-order chi connectivity index (χ0) is 19.2. The Bertz CT molecular complexity index is 492. The number of hydrogen-bond acceptors (Lipinski definition) is 6. The molecule has 1 N–H and O–H groups in total. The van der Waals surface area contributed by atoms with Crippen molar-refractivity contribution in [2.75, 3.05) is 78.8 Å². The maximum Gasteiger partial charge on any atom is 0.234 e. The highest BCUT2D eigenvalue weighted by Crippen LogP contribution is 2.33. The number of piperazine rings is 1. The maximum atomic E-state index is 12.7. The van der Waals surface area contributed by atoms with Crippen LogP contribution < -0.4 is 5.32 Å². The zero-order valence-electron chi connectivity index (χ0n) is 17.4. The van der Waals surface area contributed by atoms with Gasteiger partial charge in [0.25, 0.3) is 0 Å². The van der Waals surface area contributed by atoms with Crippen molar-refractivity contribution < 1.29 is 14.3 Å². The fraction of sp³-hybridized carbons (Fsp3) is 0.952. The van der Waals surface area contributed by atoms with E-state index in [2.05, 4.69) is 20.0 Å². The summed E-state index contributed by atoms with van der Waals surface area (Å²) >= 11 is 0. The van der Waals surface area contributed by atoms with Crippen LogP contribution in [0.2, 0.25) is 0 Å². The van der Waals surface area contributed by atoms with Crippen LogP contribution in [0.3, 0.4) is 0 Å². The Morgan fingerprint density at radius 1 is 0.929 bits per heavy atom. The number of nitrogens with zero attached hydrogens (tertiary/aromatic N) is 3. The Morgan fingerprint density at radius 2 is 1.68 bits per heavy atom. The molecule has 3 heterocycles. The predicted molar refractivity (Wildman–Crippen MR) is 108 cm³/mol. The van der Waals surface area contributed by atoms with Crippen LogP contribution in [-0.2, 0) is 14.3 Å². The molecule has 0 bridgehead atoms. The minimum Gasteiger partial charge on any atom is -0.380 e. The first-order valence-electron chi connectivity index (χ1n) is 11.4. The number of nitrogens with one attached hydrogen (secondary N) is 1. The van der Waals surface area contributed by atoms with Crippen molar-refractivity contribution >= 4 is 5.91 Å². The summed E-state index contributed by atoms with van der Waals surface area (Å²) in [6.07, 6.45) is 7.45. The van der Waals surface area contributed by atoms with Crippen molar-refractivity contribution in [2.45, 2.75) is 50.1 Å². The van der Waals surface area contributed by atoms with E-state index in [0.717, 1.165) is 78.7 Å². The van der Waals surface area contributed by atoms with Gasteiger partial charge in [0.15, 0.2) is 0 Å². The number of amides is 1. The quantitative estimate of drug-likeness (QED) is 0.710. The number of rotatable bonds is 6. The molecule has 0 aromatic carbocycles. The highest BCUT2D eigenvalue weighted by atomic mass is 16.5. The third-order valence-electron chi connectivity index (χ3n) is 7.28. The van der Waals surface area contributed by atoms with Gasteiger partial charge in [-0.05, 0) is 19.3 Å². The molecule has 4 fully saturated rings. The normalized spacial score (nSPS) is 30.4. The lowest BCUT2D eigenvalue weighted by Gasteiger charge is -2.48. The van der Waals surface area contributed by atoms with E-state index in [1.807, 2.05) is 0 Å². The lowest BCUT2D eigenvalue weighted by atomic mass is 9.79. The number of hydrogen-bond donors (Lipinski definition) is 1. The summed E-state index contributed by atoms with van der Waals surface area (Å²) in [5.74, 6) is 0.191.